The van der Waals surface area contributed by atoms with Gasteiger partial charge in [-0.1, -0.05) is 51.0 Å². The highest BCUT2D eigenvalue weighted by atomic mass is 15.0. The predicted octanol–water partition coefficient (Wildman–Crippen LogP) is 4.34. The molecule has 5 rings (SSSR count). The highest BCUT2D eigenvalue weighted by Crippen LogP contribution is 2.84. The monoisotopic (exact) mass is 290 g/mol. The number of aromatic nitrogens is 2. The minimum absolute atomic E-state index is 0.148. The standard InChI is InChI=1S/C20H22N2/c1-3-9-19-13-7-5-6-8-14(13)20(10-4-2)17(19)15(19)16-18(20)22-12-11-21-16/h5-8,11-12,15,17H,3-4,9-10H2,1-2H3. The molecule has 1 fully saturated rings. The lowest BCUT2D eigenvalue weighted by Crippen LogP contribution is -2.28. The predicted molar refractivity (Wildman–Crippen MR) is 87.0 cm³/mol. The largest absolute Gasteiger partial charge is 0.257 e. The van der Waals surface area contributed by atoms with Crippen molar-refractivity contribution in [3.05, 3.63) is 59.2 Å². The van der Waals surface area contributed by atoms with Crippen molar-refractivity contribution in [2.24, 2.45) is 5.92 Å². The van der Waals surface area contributed by atoms with Crippen LogP contribution in [0, 0.1) is 5.92 Å². The first-order valence-corrected chi connectivity index (χ1v) is 8.73. The Labute approximate surface area is 132 Å². The van der Waals surface area contributed by atoms with Gasteiger partial charge >= 0.3 is 0 Å². The summed E-state index contributed by atoms with van der Waals surface area (Å²) in [6, 6.07) is 9.20. The van der Waals surface area contributed by atoms with E-state index in [1.807, 2.05) is 12.4 Å². The van der Waals surface area contributed by atoms with Crippen LogP contribution in [-0.2, 0) is 10.8 Å². The Morgan fingerprint density at radius 1 is 0.955 bits per heavy atom. The molecule has 0 saturated heterocycles. The highest BCUT2D eigenvalue weighted by Gasteiger charge is 2.82. The van der Waals surface area contributed by atoms with Gasteiger partial charge in [-0.3, -0.25) is 9.97 Å². The number of hydrogen-bond acceptors (Lipinski definition) is 2. The van der Waals surface area contributed by atoms with Crippen molar-refractivity contribution in [3.8, 4) is 0 Å². The van der Waals surface area contributed by atoms with Crippen LogP contribution in [-0.4, -0.2) is 9.97 Å². The van der Waals surface area contributed by atoms with E-state index >= 15 is 0 Å². The van der Waals surface area contributed by atoms with Crippen LogP contribution in [0.4, 0.5) is 0 Å². The van der Waals surface area contributed by atoms with E-state index in [-0.39, 0.29) is 5.41 Å². The number of hydrogen-bond donors (Lipinski definition) is 0. The van der Waals surface area contributed by atoms with Gasteiger partial charge in [-0.2, -0.15) is 0 Å². The van der Waals surface area contributed by atoms with E-state index in [9.17, 15) is 0 Å². The molecule has 2 aromatic rings. The van der Waals surface area contributed by atoms with Gasteiger partial charge < -0.3 is 0 Å². The van der Waals surface area contributed by atoms with Gasteiger partial charge in [0, 0.05) is 29.1 Å². The van der Waals surface area contributed by atoms with Gasteiger partial charge in [0.2, 0.25) is 0 Å². The third-order valence-corrected chi connectivity index (χ3v) is 6.53. The first-order valence-electron chi connectivity index (χ1n) is 8.73. The molecule has 4 atom stereocenters. The first-order chi connectivity index (χ1) is 10.8. The van der Waals surface area contributed by atoms with E-state index in [0.29, 0.717) is 11.3 Å². The summed E-state index contributed by atoms with van der Waals surface area (Å²) in [5.74, 6) is 1.34. The topological polar surface area (TPSA) is 25.8 Å². The van der Waals surface area contributed by atoms with E-state index in [1.54, 1.807) is 11.1 Å². The maximum absolute atomic E-state index is 4.84. The van der Waals surface area contributed by atoms with Crippen molar-refractivity contribution in [2.75, 3.05) is 0 Å². The second-order valence-electron chi connectivity index (χ2n) is 7.30. The summed E-state index contributed by atoms with van der Waals surface area (Å²) in [7, 11) is 0. The zero-order valence-electron chi connectivity index (χ0n) is 13.3. The molecule has 1 aromatic carbocycles. The average molecular weight is 290 g/mol. The van der Waals surface area contributed by atoms with Gasteiger partial charge in [0.25, 0.3) is 0 Å². The fourth-order valence-corrected chi connectivity index (χ4v) is 6.20. The third kappa shape index (κ3) is 1.11. The quantitative estimate of drug-likeness (QED) is 0.837. The van der Waals surface area contributed by atoms with Gasteiger partial charge in [0.05, 0.1) is 11.4 Å². The van der Waals surface area contributed by atoms with Crippen molar-refractivity contribution in [1.82, 2.24) is 9.97 Å². The van der Waals surface area contributed by atoms with Crippen molar-refractivity contribution in [3.63, 3.8) is 0 Å². The van der Waals surface area contributed by atoms with Gasteiger partial charge in [-0.25, -0.2) is 0 Å². The highest BCUT2D eigenvalue weighted by molar-refractivity contribution is 5.69. The Bertz CT molecular complexity index is 768. The molecule has 3 aliphatic rings. The van der Waals surface area contributed by atoms with E-state index in [2.05, 4.69) is 38.1 Å². The molecule has 4 unspecified atom stereocenters. The summed E-state index contributed by atoms with van der Waals surface area (Å²) >= 11 is 0. The minimum Gasteiger partial charge on any atom is -0.257 e. The molecule has 2 heteroatoms. The zero-order chi connectivity index (χ0) is 14.9. The van der Waals surface area contributed by atoms with E-state index in [1.165, 1.54) is 37.1 Å². The van der Waals surface area contributed by atoms with Crippen molar-refractivity contribution in [1.29, 1.82) is 0 Å². The Hall–Kier alpha value is -1.70. The molecule has 1 saturated carbocycles. The molecular weight excluding hydrogens is 268 g/mol. The Kier molecular flexibility index (Phi) is 2.32. The molecule has 1 heterocycles. The normalized spacial score (nSPS) is 35.9. The van der Waals surface area contributed by atoms with Crippen molar-refractivity contribution >= 4 is 0 Å². The van der Waals surface area contributed by atoms with Crippen LogP contribution in [0.2, 0.25) is 0 Å². The van der Waals surface area contributed by atoms with Gasteiger partial charge in [0.15, 0.2) is 0 Å². The number of benzene rings is 1. The molecule has 3 aliphatic carbocycles. The molecule has 22 heavy (non-hydrogen) atoms. The van der Waals surface area contributed by atoms with E-state index < -0.39 is 0 Å². The molecule has 0 bridgehead atoms. The van der Waals surface area contributed by atoms with Crippen molar-refractivity contribution in [2.45, 2.75) is 56.3 Å². The van der Waals surface area contributed by atoms with Gasteiger partial charge in [-0.15, -0.1) is 0 Å². The fourth-order valence-electron chi connectivity index (χ4n) is 6.20. The SMILES string of the molecule is CCCC12c3ccccc3C3(CCC)C(c4nccnc41)C23. The van der Waals surface area contributed by atoms with E-state index in [4.69, 9.17) is 9.97 Å². The lowest BCUT2D eigenvalue weighted by molar-refractivity contribution is 0.396. The maximum Gasteiger partial charge on any atom is 0.0731 e. The molecular formula is C20H22N2. The van der Waals surface area contributed by atoms with Gasteiger partial charge in [-0.05, 0) is 29.9 Å². The molecule has 0 spiro atoms. The summed E-state index contributed by atoms with van der Waals surface area (Å²) in [4.78, 5) is 9.64. The summed E-state index contributed by atoms with van der Waals surface area (Å²) in [5, 5.41) is 0. The molecule has 0 aliphatic heterocycles. The van der Waals surface area contributed by atoms with Crippen LogP contribution >= 0.6 is 0 Å². The molecule has 112 valence electrons. The summed E-state index contributed by atoms with van der Waals surface area (Å²) in [6.45, 7) is 4.63. The van der Waals surface area contributed by atoms with Gasteiger partial charge in [0.1, 0.15) is 0 Å². The average Bonchev–Trinajstić information content (AvgIpc) is 3.06. The second-order valence-corrected chi connectivity index (χ2v) is 7.30. The first kappa shape index (κ1) is 12.8. The molecule has 0 radical (unpaired) electrons. The number of fused-ring (bicyclic) bond motifs is 7. The molecule has 1 aromatic heterocycles. The fraction of sp³-hybridized carbons (Fsp3) is 0.500. The lowest BCUT2D eigenvalue weighted by Gasteiger charge is -2.29. The zero-order valence-corrected chi connectivity index (χ0v) is 13.3. The molecule has 2 nitrogen and oxygen atoms in total. The van der Waals surface area contributed by atoms with Crippen LogP contribution in [0.25, 0.3) is 0 Å². The summed E-state index contributed by atoms with van der Waals surface area (Å²) in [6.07, 6.45) is 8.74. The maximum atomic E-state index is 4.84. The van der Waals surface area contributed by atoms with Crippen LogP contribution in [0.3, 0.4) is 0 Å². The molecule has 0 amide bonds. The Balaban J connectivity index is 1.85. The third-order valence-electron chi connectivity index (χ3n) is 6.53. The Morgan fingerprint density at radius 2 is 1.68 bits per heavy atom. The van der Waals surface area contributed by atoms with Crippen LogP contribution < -0.4 is 0 Å². The van der Waals surface area contributed by atoms with Crippen LogP contribution in [0.1, 0.15) is 68.0 Å². The number of nitrogens with zero attached hydrogens (tertiary/aromatic N) is 2. The van der Waals surface area contributed by atoms with E-state index in [0.717, 1.165) is 5.92 Å². The lowest BCUT2D eigenvalue weighted by atomic mass is 9.74. The summed E-state index contributed by atoms with van der Waals surface area (Å²) in [5.41, 5.74) is 6.29. The van der Waals surface area contributed by atoms with Crippen molar-refractivity contribution < 1.29 is 0 Å². The number of rotatable bonds is 4. The van der Waals surface area contributed by atoms with Crippen LogP contribution in [0.15, 0.2) is 36.7 Å². The molecule has 0 N–H and O–H groups in total. The minimum atomic E-state index is 0.148. The smallest absolute Gasteiger partial charge is 0.0731 e. The van der Waals surface area contributed by atoms with Crippen LogP contribution in [0.5, 0.6) is 0 Å². The summed E-state index contributed by atoms with van der Waals surface area (Å²) < 4.78 is 0. The second kappa shape index (κ2) is 3.98. The Morgan fingerprint density at radius 3 is 2.45 bits per heavy atom.